The summed E-state index contributed by atoms with van der Waals surface area (Å²) in [6.45, 7) is 11.6. The first kappa shape index (κ1) is 19.2. The molecule has 0 spiro atoms. The number of hydrogen-bond acceptors (Lipinski definition) is 2. The maximum absolute atomic E-state index is 10.9. The molecule has 1 aromatic rings. The Morgan fingerprint density at radius 2 is 1.78 bits per heavy atom. The van der Waals surface area contributed by atoms with Crippen LogP contribution in [0.1, 0.15) is 65.0 Å². The van der Waals surface area contributed by atoms with Crippen LogP contribution in [0, 0.1) is 0 Å². The first-order valence-corrected chi connectivity index (χ1v) is 8.53. The third-order valence-electron chi connectivity index (χ3n) is 3.99. The van der Waals surface area contributed by atoms with Gasteiger partial charge in [0.25, 0.3) is 0 Å². The molecule has 0 saturated carbocycles. The maximum atomic E-state index is 10.9. The van der Waals surface area contributed by atoms with Crippen molar-refractivity contribution in [3.05, 3.63) is 58.8 Å². The van der Waals surface area contributed by atoms with E-state index in [4.69, 9.17) is 0 Å². The van der Waals surface area contributed by atoms with E-state index >= 15 is 0 Å². The Balaban J connectivity index is 2.72. The number of hydrogen-bond donors (Lipinski definition) is 1. The van der Waals surface area contributed by atoms with Crippen LogP contribution in [0.15, 0.2) is 47.7 Å². The first-order chi connectivity index (χ1) is 10.9. The van der Waals surface area contributed by atoms with Crippen molar-refractivity contribution < 1.29 is 4.79 Å². The van der Waals surface area contributed by atoms with E-state index < -0.39 is 0 Å². The number of carbonyl (C=O) groups is 1. The number of nitrogens with one attached hydrogen (secondary N) is 1. The van der Waals surface area contributed by atoms with Gasteiger partial charge in [0.15, 0.2) is 0 Å². The molecule has 0 aliphatic carbocycles. The number of aldehydes is 1. The van der Waals surface area contributed by atoms with Crippen molar-refractivity contribution in [2.75, 3.05) is 0 Å². The molecule has 0 saturated heterocycles. The molecule has 0 unspecified atom stereocenters. The molecule has 0 fully saturated rings. The van der Waals surface area contributed by atoms with Crippen LogP contribution in [-0.4, -0.2) is 6.29 Å². The Labute approximate surface area is 141 Å². The van der Waals surface area contributed by atoms with E-state index in [1.807, 2.05) is 13.1 Å². The fourth-order valence-electron chi connectivity index (χ4n) is 2.55. The van der Waals surface area contributed by atoms with Crippen LogP contribution < -0.4 is 5.32 Å². The van der Waals surface area contributed by atoms with Gasteiger partial charge >= 0.3 is 0 Å². The van der Waals surface area contributed by atoms with E-state index in [2.05, 4.69) is 63.4 Å². The number of carbonyl (C=O) groups excluding carboxylic acids is 1. The third-order valence-corrected chi connectivity index (χ3v) is 3.99. The van der Waals surface area contributed by atoms with Gasteiger partial charge in [0, 0.05) is 19.2 Å². The van der Waals surface area contributed by atoms with Gasteiger partial charge in [-0.25, -0.2) is 0 Å². The largest absolute Gasteiger partial charge is 0.387 e. The van der Waals surface area contributed by atoms with Crippen LogP contribution in [0.2, 0.25) is 0 Å². The standard InChI is InChI=1S/C21H31NO/c1-6-8-18(7-2)19(13-14-23)16-22-15-17-9-11-20(12-10-17)21(3,4)5/h7,9-12,14,16,22H,6,8,13,15H2,1-5H3/b18-7-,19-16-. The number of rotatable bonds is 8. The van der Waals surface area contributed by atoms with Crippen molar-refractivity contribution in [1.29, 1.82) is 0 Å². The molecule has 2 nitrogen and oxygen atoms in total. The molecule has 0 aliphatic heterocycles. The smallest absolute Gasteiger partial charge is 0.124 e. The summed E-state index contributed by atoms with van der Waals surface area (Å²) in [5.41, 5.74) is 5.13. The minimum absolute atomic E-state index is 0.184. The summed E-state index contributed by atoms with van der Waals surface area (Å²) in [6, 6.07) is 8.73. The van der Waals surface area contributed by atoms with Crippen LogP contribution in [0.5, 0.6) is 0 Å². The summed E-state index contributed by atoms with van der Waals surface area (Å²) < 4.78 is 0. The molecule has 126 valence electrons. The highest BCUT2D eigenvalue weighted by Crippen LogP contribution is 2.22. The molecule has 23 heavy (non-hydrogen) atoms. The Kier molecular flexibility index (Phi) is 7.80. The zero-order valence-corrected chi connectivity index (χ0v) is 15.3. The molecule has 0 heterocycles. The van der Waals surface area contributed by atoms with Crippen LogP contribution in [-0.2, 0) is 16.8 Å². The van der Waals surface area contributed by atoms with Gasteiger partial charge in [-0.3, -0.25) is 0 Å². The normalized spacial score (nSPS) is 13.1. The Morgan fingerprint density at radius 1 is 1.13 bits per heavy atom. The average Bonchev–Trinajstić information content (AvgIpc) is 2.51. The molecule has 2 heteroatoms. The summed E-state index contributed by atoms with van der Waals surface area (Å²) >= 11 is 0. The van der Waals surface area contributed by atoms with Crippen LogP contribution in [0.3, 0.4) is 0 Å². The average molecular weight is 313 g/mol. The Bertz CT molecular complexity index is 544. The lowest BCUT2D eigenvalue weighted by molar-refractivity contribution is -0.107. The van der Waals surface area contributed by atoms with Gasteiger partial charge in [0.05, 0.1) is 0 Å². The third kappa shape index (κ3) is 6.43. The predicted octanol–water partition coefficient (Wildman–Crippen LogP) is 5.29. The molecule has 1 rings (SSSR count). The van der Waals surface area contributed by atoms with Crippen LogP contribution in [0.25, 0.3) is 0 Å². The fourth-order valence-corrected chi connectivity index (χ4v) is 2.55. The Morgan fingerprint density at radius 3 is 2.26 bits per heavy atom. The van der Waals surface area contributed by atoms with Gasteiger partial charge in [-0.05, 0) is 41.0 Å². The van der Waals surface area contributed by atoms with Crippen molar-refractivity contribution in [2.45, 2.75) is 65.8 Å². The van der Waals surface area contributed by atoms with E-state index in [1.165, 1.54) is 16.7 Å². The van der Waals surface area contributed by atoms with Crippen LogP contribution in [0.4, 0.5) is 0 Å². The number of allylic oxidation sites excluding steroid dienone is 3. The SMILES string of the molecule is C/C=C(CCC)\C(=C/NCc1ccc(C(C)(C)C)cc1)CC=O. The molecular formula is C21H31NO. The van der Waals surface area contributed by atoms with Crippen molar-refractivity contribution in [2.24, 2.45) is 0 Å². The zero-order valence-electron chi connectivity index (χ0n) is 15.3. The lowest BCUT2D eigenvalue weighted by Crippen LogP contribution is -2.12. The van der Waals surface area contributed by atoms with Gasteiger partial charge in [-0.2, -0.15) is 0 Å². The second kappa shape index (κ2) is 9.34. The van der Waals surface area contributed by atoms with E-state index in [-0.39, 0.29) is 5.41 Å². The van der Waals surface area contributed by atoms with E-state index in [0.717, 1.165) is 31.2 Å². The fraction of sp³-hybridized carbons (Fsp3) is 0.476. The van der Waals surface area contributed by atoms with Crippen molar-refractivity contribution >= 4 is 6.29 Å². The van der Waals surface area contributed by atoms with Gasteiger partial charge in [-0.1, -0.05) is 64.5 Å². The van der Waals surface area contributed by atoms with Crippen LogP contribution >= 0.6 is 0 Å². The zero-order chi connectivity index (χ0) is 17.3. The summed E-state index contributed by atoms with van der Waals surface area (Å²) in [6.07, 6.45) is 7.65. The molecule has 0 radical (unpaired) electrons. The summed E-state index contributed by atoms with van der Waals surface area (Å²) in [4.78, 5) is 10.9. The van der Waals surface area contributed by atoms with E-state index in [9.17, 15) is 4.79 Å². The summed E-state index contributed by atoms with van der Waals surface area (Å²) in [5, 5.41) is 3.36. The molecule has 0 amide bonds. The quantitative estimate of drug-likeness (QED) is 0.521. The molecule has 0 atom stereocenters. The molecule has 0 bridgehead atoms. The molecule has 1 N–H and O–H groups in total. The topological polar surface area (TPSA) is 29.1 Å². The molecule has 0 aromatic heterocycles. The minimum atomic E-state index is 0.184. The molecule has 0 aliphatic rings. The molecular weight excluding hydrogens is 282 g/mol. The maximum Gasteiger partial charge on any atom is 0.124 e. The van der Waals surface area contributed by atoms with Crippen molar-refractivity contribution in [1.82, 2.24) is 5.32 Å². The van der Waals surface area contributed by atoms with Gasteiger partial charge < -0.3 is 10.1 Å². The Hall–Kier alpha value is -1.83. The summed E-state index contributed by atoms with van der Waals surface area (Å²) in [5.74, 6) is 0. The van der Waals surface area contributed by atoms with E-state index in [1.54, 1.807) is 0 Å². The number of benzene rings is 1. The van der Waals surface area contributed by atoms with Gasteiger partial charge in [0.1, 0.15) is 6.29 Å². The lowest BCUT2D eigenvalue weighted by atomic mass is 9.87. The monoisotopic (exact) mass is 313 g/mol. The van der Waals surface area contributed by atoms with Gasteiger partial charge in [0.2, 0.25) is 0 Å². The summed E-state index contributed by atoms with van der Waals surface area (Å²) in [7, 11) is 0. The van der Waals surface area contributed by atoms with E-state index in [0.29, 0.717) is 6.42 Å². The highest BCUT2D eigenvalue weighted by Gasteiger charge is 2.12. The van der Waals surface area contributed by atoms with Crippen molar-refractivity contribution in [3.63, 3.8) is 0 Å². The minimum Gasteiger partial charge on any atom is -0.387 e. The van der Waals surface area contributed by atoms with Gasteiger partial charge in [-0.15, -0.1) is 0 Å². The lowest BCUT2D eigenvalue weighted by Gasteiger charge is -2.19. The first-order valence-electron chi connectivity index (χ1n) is 8.53. The highest BCUT2D eigenvalue weighted by atomic mass is 16.1. The second-order valence-electron chi connectivity index (χ2n) is 6.93. The highest BCUT2D eigenvalue weighted by molar-refractivity contribution is 5.57. The molecule has 1 aromatic carbocycles. The van der Waals surface area contributed by atoms with Crippen molar-refractivity contribution in [3.8, 4) is 0 Å². The predicted molar refractivity (Wildman–Crippen MR) is 99.4 cm³/mol. The second-order valence-corrected chi connectivity index (χ2v) is 6.93.